The second-order valence-electron chi connectivity index (χ2n) is 4.33. The molecule has 1 unspecified atom stereocenters. The van der Waals surface area contributed by atoms with E-state index >= 15 is 0 Å². The van der Waals surface area contributed by atoms with Crippen LogP contribution in [-0.4, -0.2) is 14.9 Å². The number of rotatable bonds is 3. The van der Waals surface area contributed by atoms with Gasteiger partial charge in [0.2, 0.25) is 0 Å². The molecule has 0 saturated carbocycles. The van der Waals surface area contributed by atoms with E-state index in [1.165, 1.54) is 12.1 Å². The number of aryl methyl sites for hydroxylation is 1. The Morgan fingerprint density at radius 2 is 1.95 bits per heavy atom. The van der Waals surface area contributed by atoms with Crippen LogP contribution in [0.5, 0.6) is 0 Å². The van der Waals surface area contributed by atoms with Crippen molar-refractivity contribution in [3.63, 3.8) is 0 Å². The van der Waals surface area contributed by atoms with Gasteiger partial charge < -0.3 is 5.73 Å². The van der Waals surface area contributed by atoms with E-state index in [2.05, 4.69) is 9.97 Å². The van der Waals surface area contributed by atoms with E-state index < -0.39 is 4.92 Å². The summed E-state index contributed by atoms with van der Waals surface area (Å²) in [6.07, 6.45) is 1.70. The summed E-state index contributed by atoms with van der Waals surface area (Å²) in [4.78, 5) is 18.8. The smallest absolute Gasteiger partial charge is 0.269 e. The molecule has 0 fully saturated rings. The maximum Gasteiger partial charge on any atom is 0.269 e. The maximum absolute atomic E-state index is 10.6. The summed E-state index contributed by atoms with van der Waals surface area (Å²) in [5.74, 6) is 0.539. The molecule has 19 heavy (non-hydrogen) atoms. The van der Waals surface area contributed by atoms with Crippen molar-refractivity contribution in [2.24, 2.45) is 5.73 Å². The first kappa shape index (κ1) is 13.1. The van der Waals surface area contributed by atoms with Crippen LogP contribution in [0.4, 0.5) is 5.69 Å². The van der Waals surface area contributed by atoms with Crippen molar-refractivity contribution < 1.29 is 4.92 Å². The summed E-state index contributed by atoms with van der Waals surface area (Å²) in [5.41, 5.74) is 8.30. The number of nitro groups is 1. The first-order valence-corrected chi connectivity index (χ1v) is 5.83. The molecule has 98 valence electrons. The van der Waals surface area contributed by atoms with Crippen LogP contribution in [0.2, 0.25) is 0 Å². The molecule has 0 aliphatic carbocycles. The van der Waals surface area contributed by atoms with Crippen molar-refractivity contribution in [3.8, 4) is 11.4 Å². The summed E-state index contributed by atoms with van der Waals surface area (Å²) in [5, 5.41) is 10.6. The summed E-state index contributed by atoms with van der Waals surface area (Å²) < 4.78 is 0. The average Bonchev–Trinajstić information content (AvgIpc) is 2.38. The number of benzene rings is 1. The monoisotopic (exact) mass is 258 g/mol. The quantitative estimate of drug-likeness (QED) is 0.673. The Labute approximate surface area is 110 Å². The van der Waals surface area contributed by atoms with Gasteiger partial charge in [-0.15, -0.1) is 0 Å². The van der Waals surface area contributed by atoms with Gasteiger partial charge in [-0.2, -0.15) is 0 Å². The van der Waals surface area contributed by atoms with Crippen LogP contribution in [0.15, 0.2) is 30.5 Å². The molecule has 0 aliphatic heterocycles. The summed E-state index contributed by atoms with van der Waals surface area (Å²) >= 11 is 0. The normalized spacial score (nSPS) is 12.2. The third kappa shape index (κ3) is 2.74. The third-order valence-corrected chi connectivity index (χ3v) is 2.84. The Morgan fingerprint density at radius 3 is 2.42 bits per heavy atom. The molecule has 0 radical (unpaired) electrons. The van der Waals surface area contributed by atoms with E-state index in [-0.39, 0.29) is 11.7 Å². The van der Waals surface area contributed by atoms with Crippen LogP contribution in [0.3, 0.4) is 0 Å². The molecule has 0 aliphatic rings. The first-order chi connectivity index (χ1) is 8.99. The van der Waals surface area contributed by atoms with E-state index in [4.69, 9.17) is 5.73 Å². The van der Waals surface area contributed by atoms with E-state index in [1.54, 1.807) is 18.3 Å². The van der Waals surface area contributed by atoms with Gasteiger partial charge in [0.1, 0.15) is 0 Å². The number of hydrogen-bond donors (Lipinski definition) is 1. The topological polar surface area (TPSA) is 94.9 Å². The van der Waals surface area contributed by atoms with Gasteiger partial charge in [-0.25, -0.2) is 9.97 Å². The second-order valence-corrected chi connectivity index (χ2v) is 4.33. The average molecular weight is 258 g/mol. The van der Waals surface area contributed by atoms with Crippen LogP contribution < -0.4 is 5.73 Å². The van der Waals surface area contributed by atoms with Crippen molar-refractivity contribution in [3.05, 3.63) is 51.8 Å². The number of hydrogen-bond acceptors (Lipinski definition) is 5. The SMILES string of the molecule is Cc1nc(-c2ccc([N+](=O)[O-])cc2)ncc1C(C)N. The molecule has 0 spiro atoms. The van der Waals surface area contributed by atoms with Gasteiger partial charge in [0.05, 0.1) is 4.92 Å². The molecule has 0 bridgehead atoms. The van der Waals surface area contributed by atoms with Crippen LogP contribution >= 0.6 is 0 Å². The first-order valence-electron chi connectivity index (χ1n) is 5.83. The van der Waals surface area contributed by atoms with Gasteiger partial charge in [-0.3, -0.25) is 10.1 Å². The number of nitrogens with zero attached hydrogens (tertiary/aromatic N) is 3. The van der Waals surface area contributed by atoms with Crippen LogP contribution in [-0.2, 0) is 0 Å². The zero-order chi connectivity index (χ0) is 14.0. The minimum atomic E-state index is -0.435. The number of nitrogens with two attached hydrogens (primary N) is 1. The fraction of sp³-hybridized carbons (Fsp3) is 0.231. The van der Waals surface area contributed by atoms with Crippen molar-refractivity contribution in [2.75, 3.05) is 0 Å². The minimum absolute atomic E-state index is 0.0488. The molecular weight excluding hydrogens is 244 g/mol. The fourth-order valence-electron chi connectivity index (χ4n) is 1.79. The van der Waals surface area contributed by atoms with Crippen molar-refractivity contribution >= 4 is 5.69 Å². The molecular formula is C13H14N4O2. The lowest BCUT2D eigenvalue weighted by molar-refractivity contribution is -0.384. The van der Waals surface area contributed by atoms with Gasteiger partial charge >= 0.3 is 0 Å². The Bertz CT molecular complexity index is 609. The standard InChI is InChI=1S/C13H14N4O2/c1-8(14)12-7-15-13(16-9(12)2)10-3-5-11(6-4-10)17(18)19/h3-8H,14H2,1-2H3. The van der Waals surface area contributed by atoms with Crippen LogP contribution in [0.1, 0.15) is 24.2 Å². The molecule has 2 aromatic rings. The largest absolute Gasteiger partial charge is 0.324 e. The highest BCUT2D eigenvalue weighted by Gasteiger charge is 2.10. The molecule has 1 aromatic carbocycles. The van der Waals surface area contributed by atoms with Gasteiger partial charge in [-0.05, 0) is 26.0 Å². The molecule has 1 heterocycles. The summed E-state index contributed by atoms with van der Waals surface area (Å²) in [7, 11) is 0. The molecule has 1 aromatic heterocycles. The Hall–Kier alpha value is -2.34. The minimum Gasteiger partial charge on any atom is -0.324 e. The molecule has 2 rings (SSSR count). The fourth-order valence-corrected chi connectivity index (χ4v) is 1.79. The summed E-state index contributed by atoms with van der Waals surface area (Å²) in [6.45, 7) is 3.74. The lowest BCUT2D eigenvalue weighted by atomic mass is 10.1. The Kier molecular flexibility index (Phi) is 3.52. The maximum atomic E-state index is 10.6. The molecule has 6 heteroatoms. The second kappa shape index (κ2) is 5.11. The molecule has 1 atom stereocenters. The zero-order valence-corrected chi connectivity index (χ0v) is 10.7. The number of nitro benzene ring substituents is 1. The lowest BCUT2D eigenvalue weighted by Gasteiger charge is -2.09. The van der Waals surface area contributed by atoms with Gasteiger partial charge in [0.15, 0.2) is 5.82 Å². The number of non-ortho nitro benzene ring substituents is 1. The number of aromatic nitrogens is 2. The van der Waals surface area contributed by atoms with Gasteiger partial charge in [0.25, 0.3) is 5.69 Å². The molecule has 6 nitrogen and oxygen atoms in total. The predicted octanol–water partition coefficient (Wildman–Crippen LogP) is 2.38. The highest BCUT2D eigenvalue weighted by molar-refractivity contribution is 5.57. The molecule has 0 amide bonds. The predicted molar refractivity (Wildman–Crippen MR) is 71.5 cm³/mol. The van der Waals surface area contributed by atoms with Gasteiger partial charge in [-0.1, -0.05) is 0 Å². The summed E-state index contributed by atoms with van der Waals surface area (Å²) in [6, 6.07) is 6.03. The Balaban J connectivity index is 2.37. The molecule has 0 saturated heterocycles. The lowest BCUT2D eigenvalue weighted by Crippen LogP contribution is -2.09. The van der Waals surface area contributed by atoms with Crippen molar-refractivity contribution in [2.45, 2.75) is 19.9 Å². The van der Waals surface area contributed by atoms with E-state index in [0.717, 1.165) is 16.8 Å². The van der Waals surface area contributed by atoms with Crippen LogP contribution in [0, 0.1) is 17.0 Å². The van der Waals surface area contributed by atoms with Crippen molar-refractivity contribution in [1.82, 2.24) is 9.97 Å². The highest BCUT2D eigenvalue weighted by atomic mass is 16.6. The van der Waals surface area contributed by atoms with E-state index in [9.17, 15) is 10.1 Å². The van der Waals surface area contributed by atoms with Gasteiger partial charge in [0, 0.05) is 41.2 Å². The van der Waals surface area contributed by atoms with Crippen LogP contribution in [0.25, 0.3) is 11.4 Å². The van der Waals surface area contributed by atoms with E-state index in [1.807, 2.05) is 13.8 Å². The van der Waals surface area contributed by atoms with E-state index in [0.29, 0.717) is 5.82 Å². The molecule has 2 N–H and O–H groups in total. The third-order valence-electron chi connectivity index (χ3n) is 2.84. The zero-order valence-electron chi connectivity index (χ0n) is 10.7. The highest BCUT2D eigenvalue weighted by Crippen LogP contribution is 2.21. The Morgan fingerprint density at radius 1 is 1.32 bits per heavy atom. The van der Waals surface area contributed by atoms with Crippen molar-refractivity contribution in [1.29, 1.82) is 0 Å².